The Morgan fingerprint density at radius 2 is 1.87 bits per heavy atom. The van der Waals surface area contributed by atoms with E-state index in [2.05, 4.69) is 41.0 Å². The second kappa shape index (κ2) is 8.67. The molecule has 3 aromatic rings. The van der Waals surface area contributed by atoms with Gasteiger partial charge in [-0.25, -0.2) is 9.97 Å². The van der Waals surface area contributed by atoms with Crippen molar-refractivity contribution in [1.82, 2.24) is 19.5 Å². The highest BCUT2D eigenvalue weighted by Gasteiger charge is 2.40. The molecule has 7 nitrogen and oxygen atoms in total. The maximum Gasteiger partial charge on any atom is 0.228 e. The molecule has 0 unspecified atom stereocenters. The molecule has 1 N–H and O–H groups in total. The molecule has 1 amide bonds. The molecule has 1 aliphatic rings. The van der Waals surface area contributed by atoms with E-state index in [1.807, 2.05) is 46.9 Å². The lowest BCUT2D eigenvalue weighted by atomic mass is 9.93. The highest BCUT2D eigenvalue weighted by molar-refractivity contribution is 6.30. The summed E-state index contributed by atoms with van der Waals surface area (Å²) >= 11 is 5.97. The molecule has 1 saturated heterocycles. The molecular formula is C23H27ClN6O. The topological polar surface area (TPSA) is 75.9 Å². The lowest BCUT2D eigenvalue weighted by molar-refractivity contribution is -0.117. The summed E-state index contributed by atoms with van der Waals surface area (Å²) in [6, 6.07) is 9.41. The molecule has 31 heavy (non-hydrogen) atoms. The molecule has 0 spiro atoms. The van der Waals surface area contributed by atoms with Gasteiger partial charge in [-0.3, -0.25) is 9.69 Å². The first kappa shape index (κ1) is 21.3. The maximum atomic E-state index is 12.6. The van der Waals surface area contributed by atoms with Gasteiger partial charge in [-0.1, -0.05) is 32.4 Å². The van der Waals surface area contributed by atoms with Crippen LogP contribution < -0.4 is 10.2 Å². The van der Waals surface area contributed by atoms with Crippen molar-refractivity contribution in [3.63, 3.8) is 0 Å². The van der Waals surface area contributed by atoms with Crippen molar-refractivity contribution >= 4 is 29.3 Å². The van der Waals surface area contributed by atoms with Gasteiger partial charge in [-0.05, 0) is 49.1 Å². The quantitative estimate of drug-likeness (QED) is 0.593. The molecule has 8 heteroatoms. The van der Waals surface area contributed by atoms with E-state index in [0.29, 0.717) is 35.0 Å². The van der Waals surface area contributed by atoms with Crippen molar-refractivity contribution in [2.24, 2.45) is 11.8 Å². The summed E-state index contributed by atoms with van der Waals surface area (Å²) in [6.07, 6.45) is 5.97. The van der Waals surface area contributed by atoms with Crippen LogP contribution in [-0.4, -0.2) is 31.5 Å². The summed E-state index contributed by atoms with van der Waals surface area (Å²) in [4.78, 5) is 28.0. The molecule has 1 aromatic carbocycles. The number of halogens is 1. The van der Waals surface area contributed by atoms with Crippen molar-refractivity contribution in [3.8, 4) is 5.69 Å². The zero-order valence-corrected chi connectivity index (χ0v) is 18.9. The van der Waals surface area contributed by atoms with Gasteiger partial charge in [0.25, 0.3) is 0 Å². The van der Waals surface area contributed by atoms with E-state index < -0.39 is 0 Å². The molecule has 3 heterocycles. The number of aromatic nitrogens is 4. The average molecular weight is 439 g/mol. The number of carbonyl (C=O) groups excluding carboxylic acids is 1. The fourth-order valence-corrected chi connectivity index (χ4v) is 4.41. The van der Waals surface area contributed by atoms with E-state index in [1.54, 1.807) is 18.6 Å². The van der Waals surface area contributed by atoms with Gasteiger partial charge in [0.2, 0.25) is 11.9 Å². The minimum atomic E-state index is -0.113. The van der Waals surface area contributed by atoms with Crippen LogP contribution in [0, 0.1) is 11.8 Å². The van der Waals surface area contributed by atoms with Crippen molar-refractivity contribution in [2.75, 3.05) is 10.2 Å². The first-order chi connectivity index (χ1) is 14.8. The molecule has 4 rings (SSSR count). The standard InChI is InChI=1S/C23H27ClN6O/c1-14(2)22-15(3)11-21(31)30(22)20-9-10-25-23(28-20)27-16(4)19-12-29(13-26-19)18-7-5-17(24)6-8-18/h5-10,12-16,22H,11H2,1-4H3,(H,25,27,28)/t15-,16-,22-/m0/s1. The largest absolute Gasteiger partial charge is 0.346 e. The Bertz CT molecular complexity index is 1060. The number of rotatable bonds is 6. The number of nitrogens with zero attached hydrogens (tertiary/aromatic N) is 5. The van der Waals surface area contributed by atoms with Crippen LogP contribution in [0.15, 0.2) is 49.1 Å². The molecular weight excluding hydrogens is 412 g/mol. The molecule has 0 aliphatic carbocycles. The van der Waals surface area contributed by atoms with E-state index in [4.69, 9.17) is 11.6 Å². The lowest BCUT2D eigenvalue weighted by Crippen LogP contribution is -2.39. The van der Waals surface area contributed by atoms with E-state index in [1.165, 1.54) is 0 Å². The molecule has 162 valence electrons. The van der Waals surface area contributed by atoms with Gasteiger partial charge in [0.1, 0.15) is 5.82 Å². The fourth-order valence-electron chi connectivity index (χ4n) is 4.29. The van der Waals surface area contributed by atoms with Crippen molar-refractivity contribution < 1.29 is 4.79 Å². The third-order valence-electron chi connectivity index (χ3n) is 5.73. The number of carbonyl (C=O) groups is 1. The number of amides is 1. The molecule has 0 bridgehead atoms. The first-order valence-electron chi connectivity index (χ1n) is 10.5. The molecule has 1 fully saturated rings. The summed E-state index contributed by atoms with van der Waals surface area (Å²) < 4.78 is 1.94. The predicted octanol–water partition coefficient (Wildman–Crippen LogP) is 4.89. The van der Waals surface area contributed by atoms with Gasteiger partial charge >= 0.3 is 0 Å². The summed E-state index contributed by atoms with van der Waals surface area (Å²) in [5, 5.41) is 4.00. The zero-order chi connectivity index (χ0) is 22.1. The Morgan fingerprint density at radius 1 is 1.13 bits per heavy atom. The van der Waals surface area contributed by atoms with Crippen LogP contribution in [-0.2, 0) is 4.79 Å². The monoisotopic (exact) mass is 438 g/mol. The van der Waals surface area contributed by atoms with E-state index in [0.717, 1.165) is 11.4 Å². The Kier molecular flexibility index (Phi) is 5.96. The van der Waals surface area contributed by atoms with E-state index in [-0.39, 0.29) is 18.0 Å². The van der Waals surface area contributed by atoms with Crippen molar-refractivity contribution in [1.29, 1.82) is 0 Å². The average Bonchev–Trinajstić information content (AvgIpc) is 3.33. The highest BCUT2D eigenvalue weighted by Crippen LogP contribution is 2.34. The minimum absolute atomic E-state index is 0.113. The first-order valence-corrected chi connectivity index (χ1v) is 10.9. The third kappa shape index (κ3) is 4.42. The maximum absolute atomic E-state index is 12.6. The summed E-state index contributed by atoms with van der Waals surface area (Å²) in [5.74, 6) is 1.88. The van der Waals surface area contributed by atoms with Gasteiger partial charge in [-0.2, -0.15) is 4.98 Å². The fraction of sp³-hybridized carbons (Fsp3) is 0.391. The molecule has 2 aromatic heterocycles. The second-order valence-corrected chi connectivity index (χ2v) is 8.90. The second-order valence-electron chi connectivity index (χ2n) is 8.47. The predicted molar refractivity (Wildman–Crippen MR) is 123 cm³/mol. The van der Waals surface area contributed by atoms with Crippen LogP contribution in [0.2, 0.25) is 5.02 Å². The molecule has 0 radical (unpaired) electrons. The van der Waals surface area contributed by atoms with Crippen molar-refractivity contribution in [2.45, 2.75) is 46.2 Å². The van der Waals surface area contributed by atoms with Gasteiger partial charge in [-0.15, -0.1) is 0 Å². The number of anilines is 2. The minimum Gasteiger partial charge on any atom is -0.346 e. The number of nitrogens with one attached hydrogen (secondary N) is 1. The highest BCUT2D eigenvalue weighted by atomic mass is 35.5. The Morgan fingerprint density at radius 3 is 2.58 bits per heavy atom. The number of imidazole rings is 1. The number of hydrogen-bond donors (Lipinski definition) is 1. The smallest absolute Gasteiger partial charge is 0.228 e. The molecule has 1 aliphatic heterocycles. The Hall–Kier alpha value is -2.93. The van der Waals surface area contributed by atoms with Crippen LogP contribution >= 0.6 is 11.6 Å². The number of benzene rings is 1. The molecule has 3 atom stereocenters. The molecule has 0 saturated carbocycles. The Labute approximate surface area is 187 Å². The lowest BCUT2D eigenvalue weighted by Gasteiger charge is -2.29. The van der Waals surface area contributed by atoms with Crippen LogP contribution in [0.5, 0.6) is 0 Å². The summed E-state index contributed by atoms with van der Waals surface area (Å²) in [7, 11) is 0. The van der Waals surface area contributed by atoms with E-state index in [9.17, 15) is 4.79 Å². The van der Waals surface area contributed by atoms with Crippen LogP contribution in [0.1, 0.15) is 45.9 Å². The third-order valence-corrected chi connectivity index (χ3v) is 5.99. The number of hydrogen-bond acceptors (Lipinski definition) is 5. The van der Waals surface area contributed by atoms with Crippen LogP contribution in [0.25, 0.3) is 5.69 Å². The van der Waals surface area contributed by atoms with Crippen molar-refractivity contribution in [3.05, 3.63) is 59.8 Å². The van der Waals surface area contributed by atoms with Gasteiger partial charge in [0, 0.05) is 35.6 Å². The summed E-state index contributed by atoms with van der Waals surface area (Å²) in [5.41, 5.74) is 1.84. The summed E-state index contributed by atoms with van der Waals surface area (Å²) in [6.45, 7) is 8.42. The zero-order valence-electron chi connectivity index (χ0n) is 18.2. The van der Waals surface area contributed by atoms with Gasteiger partial charge in [0.05, 0.1) is 18.1 Å². The SMILES string of the molecule is CC(C)[C@H]1[C@@H](C)CC(=O)N1c1ccnc(N[C@@H](C)c2cn(-c3ccc(Cl)cc3)cn2)n1. The Balaban J connectivity index is 1.52. The van der Waals surface area contributed by atoms with Gasteiger partial charge in [0.15, 0.2) is 0 Å². The van der Waals surface area contributed by atoms with Crippen LogP contribution in [0.4, 0.5) is 11.8 Å². The normalized spacial score (nSPS) is 19.8. The van der Waals surface area contributed by atoms with E-state index >= 15 is 0 Å². The van der Waals surface area contributed by atoms with Crippen LogP contribution in [0.3, 0.4) is 0 Å². The van der Waals surface area contributed by atoms with Gasteiger partial charge < -0.3 is 9.88 Å².